The zero-order valence-electron chi connectivity index (χ0n) is 11.6. The zero-order valence-corrected chi connectivity index (χ0v) is 12.4. The van der Waals surface area contributed by atoms with Crippen LogP contribution in [0.4, 0.5) is 5.13 Å². The lowest BCUT2D eigenvalue weighted by atomic mass is 9.96. The number of aromatic nitrogens is 1. The molecule has 2 heterocycles. The highest BCUT2D eigenvalue weighted by Gasteiger charge is 2.19. The van der Waals surface area contributed by atoms with Gasteiger partial charge in [0.05, 0.1) is 0 Å². The summed E-state index contributed by atoms with van der Waals surface area (Å²) in [6.07, 6.45) is 7.29. The fourth-order valence-electron chi connectivity index (χ4n) is 2.54. The van der Waals surface area contributed by atoms with Crippen molar-refractivity contribution in [2.24, 2.45) is 5.92 Å². The summed E-state index contributed by atoms with van der Waals surface area (Å²) in [5.74, 6) is 0.907. The predicted molar refractivity (Wildman–Crippen MR) is 79.2 cm³/mol. The fraction of sp³-hybridized carbons (Fsp3) is 0.786. The molecule has 0 radical (unpaired) electrons. The van der Waals surface area contributed by atoms with Gasteiger partial charge in [-0.15, -0.1) is 11.3 Å². The molecule has 0 spiro atoms. The SMILES string of the molecule is CCCNc1ncc(CN2CCCC(CC)C2)s1. The van der Waals surface area contributed by atoms with Crippen molar-refractivity contribution in [3.05, 3.63) is 11.1 Å². The number of rotatable bonds is 6. The maximum Gasteiger partial charge on any atom is 0.182 e. The minimum Gasteiger partial charge on any atom is -0.362 e. The number of nitrogens with one attached hydrogen (secondary N) is 1. The number of likely N-dealkylation sites (tertiary alicyclic amines) is 1. The van der Waals surface area contributed by atoms with E-state index in [9.17, 15) is 0 Å². The molecular formula is C14H25N3S. The number of thiazole rings is 1. The van der Waals surface area contributed by atoms with Crippen molar-refractivity contribution >= 4 is 16.5 Å². The number of nitrogens with zero attached hydrogens (tertiary/aromatic N) is 2. The van der Waals surface area contributed by atoms with Crippen molar-refractivity contribution in [2.75, 3.05) is 25.0 Å². The van der Waals surface area contributed by atoms with Crippen LogP contribution in [0.5, 0.6) is 0 Å². The molecule has 0 bridgehead atoms. The Balaban J connectivity index is 1.83. The van der Waals surface area contributed by atoms with Gasteiger partial charge >= 0.3 is 0 Å². The summed E-state index contributed by atoms with van der Waals surface area (Å²) >= 11 is 1.81. The van der Waals surface area contributed by atoms with E-state index in [2.05, 4.69) is 29.0 Å². The van der Waals surface area contributed by atoms with Crippen molar-refractivity contribution in [2.45, 2.75) is 46.1 Å². The third-order valence-electron chi connectivity index (χ3n) is 3.64. The molecule has 1 aromatic rings. The Hall–Kier alpha value is -0.610. The van der Waals surface area contributed by atoms with E-state index in [1.165, 1.54) is 37.2 Å². The van der Waals surface area contributed by atoms with Gasteiger partial charge in [-0.1, -0.05) is 20.3 Å². The smallest absolute Gasteiger partial charge is 0.182 e. The molecule has 1 atom stereocenters. The molecule has 0 aliphatic carbocycles. The van der Waals surface area contributed by atoms with Gasteiger partial charge in [0.2, 0.25) is 0 Å². The van der Waals surface area contributed by atoms with Gasteiger partial charge in [0, 0.05) is 30.7 Å². The van der Waals surface area contributed by atoms with Crippen LogP contribution < -0.4 is 5.32 Å². The van der Waals surface area contributed by atoms with Gasteiger partial charge in [-0.05, 0) is 31.7 Å². The second kappa shape index (κ2) is 7.10. The van der Waals surface area contributed by atoms with Crippen molar-refractivity contribution < 1.29 is 0 Å². The minimum atomic E-state index is 0.907. The van der Waals surface area contributed by atoms with Crippen LogP contribution >= 0.6 is 11.3 Å². The van der Waals surface area contributed by atoms with Crippen LogP contribution in [0.25, 0.3) is 0 Å². The first kappa shape index (κ1) is 13.8. The molecule has 1 aliphatic rings. The standard InChI is InChI=1S/C14H25N3S/c1-3-7-15-14-16-9-13(18-14)11-17-8-5-6-12(4-2)10-17/h9,12H,3-8,10-11H2,1-2H3,(H,15,16). The van der Waals surface area contributed by atoms with Crippen molar-refractivity contribution in [1.29, 1.82) is 0 Å². The molecule has 18 heavy (non-hydrogen) atoms. The fourth-order valence-corrected chi connectivity index (χ4v) is 3.42. The summed E-state index contributed by atoms with van der Waals surface area (Å²) in [5, 5.41) is 4.44. The molecule has 2 rings (SSSR count). The van der Waals surface area contributed by atoms with Gasteiger partial charge in [-0.2, -0.15) is 0 Å². The number of anilines is 1. The van der Waals surface area contributed by atoms with Gasteiger partial charge in [-0.3, -0.25) is 4.90 Å². The van der Waals surface area contributed by atoms with Crippen LogP contribution in [0, 0.1) is 5.92 Å². The monoisotopic (exact) mass is 267 g/mol. The van der Waals surface area contributed by atoms with E-state index in [1.807, 2.05) is 17.5 Å². The quantitative estimate of drug-likeness (QED) is 0.854. The zero-order chi connectivity index (χ0) is 12.8. The summed E-state index contributed by atoms with van der Waals surface area (Å²) in [6.45, 7) is 9.13. The summed E-state index contributed by atoms with van der Waals surface area (Å²) in [4.78, 5) is 8.43. The lowest BCUT2D eigenvalue weighted by molar-refractivity contribution is 0.166. The number of hydrogen-bond donors (Lipinski definition) is 1. The number of piperidine rings is 1. The van der Waals surface area contributed by atoms with Crippen LogP contribution in [0.2, 0.25) is 0 Å². The summed E-state index contributed by atoms with van der Waals surface area (Å²) in [5.41, 5.74) is 0. The molecule has 1 unspecified atom stereocenters. The van der Waals surface area contributed by atoms with Crippen LogP contribution in [-0.4, -0.2) is 29.5 Å². The Morgan fingerprint density at radius 3 is 3.17 bits per heavy atom. The second-order valence-electron chi connectivity index (χ2n) is 5.21. The Kier molecular flexibility index (Phi) is 5.45. The highest BCUT2D eigenvalue weighted by Crippen LogP contribution is 2.24. The Bertz CT molecular complexity index is 351. The molecule has 4 heteroatoms. The van der Waals surface area contributed by atoms with Crippen molar-refractivity contribution in [1.82, 2.24) is 9.88 Å². The summed E-state index contributed by atoms with van der Waals surface area (Å²) in [6, 6.07) is 0. The van der Waals surface area contributed by atoms with Gasteiger partial charge in [0.1, 0.15) is 0 Å². The van der Waals surface area contributed by atoms with Crippen LogP contribution in [0.3, 0.4) is 0 Å². The van der Waals surface area contributed by atoms with E-state index in [0.717, 1.165) is 30.6 Å². The molecule has 1 aromatic heterocycles. The third-order valence-corrected chi connectivity index (χ3v) is 4.58. The number of hydrogen-bond acceptors (Lipinski definition) is 4. The van der Waals surface area contributed by atoms with Crippen molar-refractivity contribution in [3.8, 4) is 0 Å². The molecular weight excluding hydrogens is 242 g/mol. The van der Waals surface area contributed by atoms with Gasteiger partial charge in [-0.25, -0.2) is 4.98 Å². The molecule has 1 fully saturated rings. The first-order valence-corrected chi connectivity index (χ1v) is 8.04. The minimum absolute atomic E-state index is 0.907. The van der Waals surface area contributed by atoms with Crippen molar-refractivity contribution in [3.63, 3.8) is 0 Å². The highest BCUT2D eigenvalue weighted by atomic mass is 32.1. The van der Waals surface area contributed by atoms with Crippen LogP contribution in [0.15, 0.2) is 6.20 Å². The van der Waals surface area contributed by atoms with Crippen LogP contribution in [-0.2, 0) is 6.54 Å². The molecule has 1 aliphatic heterocycles. The van der Waals surface area contributed by atoms with E-state index in [-0.39, 0.29) is 0 Å². The third kappa shape index (κ3) is 3.95. The summed E-state index contributed by atoms with van der Waals surface area (Å²) < 4.78 is 0. The maximum absolute atomic E-state index is 4.44. The molecule has 102 valence electrons. The van der Waals surface area contributed by atoms with Gasteiger partial charge < -0.3 is 5.32 Å². The lowest BCUT2D eigenvalue weighted by Crippen LogP contribution is -2.34. The van der Waals surface area contributed by atoms with E-state index >= 15 is 0 Å². The van der Waals surface area contributed by atoms with E-state index in [4.69, 9.17) is 0 Å². The summed E-state index contributed by atoms with van der Waals surface area (Å²) in [7, 11) is 0. The predicted octanol–water partition coefficient (Wildman–Crippen LogP) is 3.59. The molecule has 3 nitrogen and oxygen atoms in total. The molecule has 0 aromatic carbocycles. The Morgan fingerprint density at radius 2 is 2.39 bits per heavy atom. The molecule has 1 N–H and O–H groups in total. The second-order valence-corrected chi connectivity index (χ2v) is 6.33. The van der Waals surface area contributed by atoms with E-state index < -0.39 is 0 Å². The topological polar surface area (TPSA) is 28.2 Å². The van der Waals surface area contributed by atoms with Gasteiger partial charge in [0.15, 0.2) is 5.13 Å². The average Bonchev–Trinajstić information content (AvgIpc) is 2.84. The first-order chi connectivity index (χ1) is 8.81. The molecule has 1 saturated heterocycles. The Labute approximate surface area is 115 Å². The molecule has 0 saturated carbocycles. The van der Waals surface area contributed by atoms with E-state index in [0.29, 0.717) is 0 Å². The lowest BCUT2D eigenvalue weighted by Gasteiger charge is -2.31. The van der Waals surface area contributed by atoms with E-state index in [1.54, 1.807) is 0 Å². The molecule has 0 amide bonds. The average molecular weight is 267 g/mol. The highest BCUT2D eigenvalue weighted by molar-refractivity contribution is 7.15. The Morgan fingerprint density at radius 1 is 1.50 bits per heavy atom. The maximum atomic E-state index is 4.44. The van der Waals surface area contributed by atoms with Gasteiger partial charge in [0.25, 0.3) is 0 Å². The van der Waals surface area contributed by atoms with Crippen LogP contribution in [0.1, 0.15) is 44.4 Å². The largest absolute Gasteiger partial charge is 0.362 e. The normalized spacial score (nSPS) is 21.1. The first-order valence-electron chi connectivity index (χ1n) is 7.22.